The number of aromatic amines is 2. The number of nitrogen functional groups attached to an aromatic ring is 1. The minimum atomic E-state index is -1.07. The number of aliphatic imine (C=N–C) groups is 1. The Balaban J connectivity index is 2.02. The van der Waals surface area contributed by atoms with Crippen LogP contribution in [0.25, 0.3) is 5.57 Å². The number of nitrogens with one attached hydrogen (secondary N) is 3. The summed E-state index contributed by atoms with van der Waals surface area (Å²) >= 11 is 0. The van der Waals surface area contributed by atoms with Gasteiger partial charge >= 0.3 is 0 Å². The highest BCUT2D eigenvalue weighted by Gasteiger charge is 2.22. The van der Waals surface area contributed by atoms with Crippen molar-refractivity contribution in [3.63, 3.8) is 0 Å². The molecule has 0 saturated carbocycles. The monoisotopic (exact) mass is 399 g/mol. The van der Waals surface area contributed by atoms with E-state index < -0.39 is 23.0 Å². The molecule has 0 unspecified atom stereocenters. The smallest absolute Gasteiger partial charge is 0.200 e. The molecule has 0 atom stereocenters. The summed E-state index contributed by atoms with van der Waals surface area (Å²) in [6.07, 6.45) is 4.96. The van der Waals surface area contributed by atoms with E-state index in [1.165, 1.54) is 6.20 Å². The van der Waals surface area contributed by atoms with Crippen molar-refractivity contribution >= 4 is 22.9 Å². The third kappa shape index (κ3) is 4.21. The highest BCUT2D eigenvalue weighted by Crippen LogP contribution is 2.24. The first-order chi connectivity index (χ1) is 13.8. The SMILES string of the molecule is Cc1cc(C2=CNC(C(C)C)=NC2)c[nH][nH]cc1C(=O)c1c(F)ccc(N)c1F. The summed E-state index contributed by atoms with van der Waals surface area (Å²) in [5, 5.41) is 8.78. The number of H-pyrrole nitrogens is 2. The predicted molar refractivity (Wildman–Crippen MR) is 110 cm³/mol. The van der Waals surface area contributed by atoms with Crippen LogP contribution in [0.4, 0.5) is 14.5 Å². The van der Waals surface area contributed by atoms with Gasteiger partial charge in [0.05, 0.1) is 17.8 Å². The molecule has 0 amide bonds. The fourth-order valence-corrected chi connectivity index (χ4v) is 2.99. The van der Waals surface area contributed by atoms with Crippen LogP contribution in [0.15, 0.2) is 41.8 Å². The summed E-state index contributed by atoms with van der Waals surface area (Å²) in [6.45, 7) is 6.27. The van der Waals surface area contributed by atoms with E-state index >= 15 is 0 Å². The second kappa shape index (κ2) is 8.30. The number of halogens is 2. The Hall–Kier alpha value is -3.42. The zero-order valence-electron chi connectivity index (χ0n) is 16.4. The zero-order chi connectivity index (χ0) is 21.1. The molecule has 1 aromatic heterocycles. The van der Waals surface area contributed by atoms with Gasteiger partial charge in [-0.2, -0.15) is 0 Å². The van der Waals surface area contributed by atoms with Crippen LogP contribution in [0, 0.1) is 24.5 Å². The summed E-state index contributed by atoms with van der Waals surface area (Å²) < 4.78 is 28.5. The Morgan fingerprint density at radius 1 is 1.21 bits per heavy atom. The highest BCUT2D eigenvalue weighted by atomic mass is 19.1. The average Bonchev–Trinajstić information content (AvgIpc) is 2.68. The van der Waals surface area contributed by atoms with Crippen molar-refractivity contribution in [2.75, 3.05) is 12.3 Å². The number of nitrogens with zero attached hydrogens (tertiary/aromatic N) is 1. The zero-order valence-corrected chi connectivity index (χ0v) is 16.4. The number of carbonyl (C=O) groups is 1. The molecule has 0 fully saturated rings. The lowest BCUT2D eigenvalue weighted by atomic mass is 9.98. The van der Waals surface area contributed by atoms with Crippen LogP contribution >= 0.6 is 0 Å². The van der Waals surface area contributed by atoms with Crippen molar-refractivity contribution < 1.29 is 13.6 Å². The molecule has 3 rings (SSSR count). The molecule has 0 spiro atoms. The van der Waals surface area contributed by atoms with Gasteiger partial charge in [0.2, 0.25) is 5.78 Å². The Bertz CT molecular complexity index is 1060. The van der Waals surface area contributed by atoms with E-state index in [0.717, 1.165) is 29.1 Å². The molecule has 0 radical (unpaired) electrons. The summed E-state index contributed by atoms with van der Waals surface area (Å²) in [7, 11) is 0. The van der Waals surface area contributed by atoms with Gasteiger partial charge in [-0.05, 0) is 41.8 Å². The van der Waals surface area contributed by atoms with Crippen molar-refractivity contribution in [2.45, 2.75) is 20.8 Å². The first-order valence-electron chi connectivity index (χ1n) is 9.18. The lowest BCUT2D eigenvalue weighted by Crippen LogP contribution is -2.27. The molecular formula is C21H23F2N5O. The molecule has 0 saturated heterocycles. The predicted octanol–water partition coefficient (Wildman–Crippen LogP) is 3.87. The van der Waals surface area contributed by atoms with E-state index in [-0.39, 0.29) is 17.2 Å². The Labute approximate surface area is 167 Å². The van der Waals surface area contributed by atoms with Gasteiger partial charge in [0.25, 0.3) is 0 Å². The van der Waals surface area contributed by atoms with Crippen LogP contribution in [0.3, 0.4) is 0 Å². The fourth-order valence-electron chi connectivity index (χ4n) is 2.99. The summed E-state index contributed by atoms with van der Waals surface area (Å²) in [5.74, 6) is -1.64. The third-order valence-corrected chi connectivity index (χ3v) is 4.65. The fraction of sp³-hybridized carbons (Fsp3) is 0.238. The van der Waals surface area contributed by atoms with E-state index in [1.807, 2.05) is 20.0 Å². The molecule has 2 heterocycles. The van der Waals surface area contributed by atoms with Gasteiger partial charge in [-0.15, -0.1) is 0 Å². The summed E-state index contributed by atoms with van der Waals surface area (Å²) in [5.41, 5.74) is 6.87. The van der Waals surface area contributed by atoms with E-state index in [9.17, 15) is 13.6 Å². The number of carbonyl (C=O) groups excluding carboxylic acids is 1. The number of ketones is 1. The number of aryl methyl sites for hydroxylation is 1. The highest BCUT2D eigenvalue weighted by molar-refractivity contribution is 6.10. The Morgan fingerprint density at radius 3 is 2.59 bits per heavy atom. The minimum absolute atomic E-state index is 0.113. The lowest BCUT2D eigenvalue weighted by molar-refractivity contribution is 0.103. The number of benzene rings is 1. The van der Waals surface area contributed by atoms with Crippen molar-refractivity contribution in [2.24, 2.45) is 10.9 Å². The molecule has 0 bridgehead atoms. The maximum absolute atomic E-state index is 14.3. The number of hydrogen-bond acceptors (Lipinski definition) is 4. The van der Waals surface area contributed by atoms with Crippen LogP contribution in [0.5, 0.6) is 0 Å². The van der Waals surface area contributed by atoms with Crippen molar-refractivity contribution in [1.82, 2.24) is 15.5 Å². The molecule has 5 N–H and O–H groups in total. The molecule has 1 aliphatic heterocycles. The van der Waals surface area contributed by atoms with Gasteiger partial charge in [0, 0.05) is 30.1 Å². The molecule has 6 nitrogen and oxygen atoms in total. The van der Waals surface area contributed by atoms with E-state index in [0.29, 0.717) is 12.1 Å². The molecule has 29 heavy (non-hydrogen) atoms. The summed E-state index contributed by atoms with van der Waals surface area (Å²) in [4.78, 5) is 17.4. The normalized spacial score (nSPS) is 13.4. The lowest BCUT2D eigenvalue weighted by Gasteiger charge is -2.17. The van der Waals surface area contributed by atoms with Gasteiger partial charge in [-0.3, -0.25) is 9.79 Å². The summed E-state index contributed by atoms with van der Waals surface area (Å²) in [6, 6.07) is 3.84. The van der Waals surface area contributed by atoms with Crippen molar-refractivity contribution in [3.8, 4) is 0 Å². The molecule has 2 aromatic rings. The Kier molecular flexibility index (Phi) is 5.81. The number of anilines is 1. The molecule has 1 aliphatic rings. The van der Waals surface area contributed by atoms with E-state index in [4.69, 9.17) is 5.73 Å². The standard InChI is InChI=1S/C21H23F2N5O/c1-11(2)21-25-7-14(8-26-21)13-6-12(3)15(10-28-27-9-13)20(29)18-16(22)4-5-17(24)19(18)23/h4-7,9-11,27-28H,8,24H2,1-3H3,(H,25,26). The number of nitrogens with two attached hydrogens (primary N) is 1. The van der Waals surface area contributed by atoms with Crippen LogP contribution < -0.4 is 11.1 Å². The second-order valence-corrected chi connectivity index (χ2v) is 7.10. The van der Waals surface area contributed by atoms with Gasteiger partial charge in [0.1, 0.15) is 11.7 Å². The minimum Gasteiger partial charge on any atom is -0.396 e. The van der Waals surface area contributed by atoms with Crippen LogP contribution in [-0.2, 0) is 0 Å². The average molecular weight is 399 g/mol. The molecule has 8 heteroatoms. The second-order valence-electron chi connectivity index (χ2n) is 7.10. The molecule has 152 valence electrons. The first-order valence-corrected chi connectivity index (χ1v) is 9.18. The van der Waals surface area contributed by atoms with Crippen LogP contribution in [-0.4, -0.2) is 28.4 Å². The molecular weight excluding hydrogens is 376 g/mol. The number of hydrogen-bond donors (Lipinski definition) is 4. The number of rotatable bonds is 4. The van der Waals surface area contributed by atoms with Gasteiger partial charge in [-0.25, -0.2) is 8.78 Å². The molecule has 1 aromatic carbocycles. The number of aromatic nitrogens is 2. The third-order valence-electron chi connectivity index (χ3n) is 4.65. The topological polar surface area (TPSA) is 99.1 Å². The van der Waals surface area contributed by atoms with Gasteiger partial charge < -0.3 is 21.2 Å². The Morgan fingerprint density at radius 2 is 1.93 bits per heavy atom. The van der Waals surface area contributed by atoms with E-state index in [1.54, 1.807) is 19.2 Å². The first kappa shape index (κ1) is 20.3. The van der Waals surface area contributed by atoms with Crippen LogP contribution in [0.1, 0.15) is 40.9 Å². The van der Waals surface area contributed by atoms with E-state index in [2.05, 4.69) is 20.5 Å². The largest absolute Gasteiger partial charge is 0.396 e. The van der Waals surface area contributed by atoms with Gasteiger partial charge in [0.15, 0.2) is 5.82 Å². The van der Waals surface area contributed by atoms with Gasteiger partial charge in [-0.1, -0.05) is 13.8 Å². The van der Waals surface area contributed by atoms with Crippen LogP contribution in [0.2, 0.25) is 0 Å². The van der Waals surface area contributed by atoms with Crippen molar-refractivity contribution in [3.05, 3.63) is 70.7 Å². The molecule has 0 aliphatic carbocycles. The number of amidine groups is 1. The quantitative estimate of drug-likeness (QED) is 0.464. The van der Waals surface area contributed by atoms with Crippen molar-refractivity contribution in [1.29, 1.82) is 0 Å². The maximum atomic E-state index is 14.3. The maximum Gasteiger partial charge on any atom is 0.200 e.